The highest BCUT2D eigenvalue weighted by Crippen LogP contribution is 2.28. The Balaban J connectivity index is 0.00000225. The first kappa shape index (κ1) is 21.2. The molecule has 1 aromatic heterocycles. The number of rotatable bonds is 5. The second kappa shape index (κ2) is 9.83. The van der Waals surface area contributed by atoms with E-state index in [1.165, 1.54) is 24.8 Å². The number of aromatic nitrogens is 2. The number of nitrogens with zero attached hydrogens (tertiary/aromatic N) is 4. The molecule has 2 aromatic rings. The van der Waals surface area contributed by atoms with Crippen molar-refractivity contribution in [1.82, 2.24) is 25.3 Å². The predicted octanol–water partition coefficient (Wildman–Crippen LogP) is 3.08. The summed E-state index contributed by atoms with van der Waals surface area (Å²) >= 11 is 0. The maximum atomic E-state index is 5.65. The van der Waals surface area contributed by atoms with Gasteiger partial charge in [-0.1, -0.05) is 35.5 Å². The molecular weight excluding hydrogens is 374 g/mol. The second-order valence-electron chi connectivity index (χ2n) is 8.04. The molecule has 4 rings (SSSR count). The lowest BCUT2D eigenvalue weighted by Gasteiger charge is -2.34. The molecule has 2 aliphatic rings. The Morgan fingerprint density at radius 3 is 2.64 bits per heavy atom. The van der Waals surface area contributed by atoms with Crippen LogP contribution in [0.15, 0.2) is 34.9 Å². The van der Waals surface area contributed by atoms with Gasteiger partial charge in [-0.25, -0.2) is 0 Å². The Morgan fingerprint density at radius 1 is 1.18 bits per heavy atom. The van der Waals surface area contributed by atoms with Crippen LogP contribution in [-0.2, 0) is 6.42 Å². The molecule has 2 aliphatic heterocycles. The highest BCUT2D eigenvalue weighted by molar-refractivity contribution is 5.85. The minimum atomic E-state index is 0. The van der Waals surface area contributed by atoms with Crippen molar-refractivity contribution in [3.05, 3.63) is 47.6 Å². The molecular formula is C21H32ClN5O. The molecule has 7 heteroatoms. The molecule has 154 valence electrons. The molecule has 0 radical (unpaired) electrons. The van der Waals surface area contributed by atoms with Gasteiger partial charge in [0.05, 0.1) is 12.1 Å². The number of piperazine rings is 1. The van der Waals surface area contributed by atoms with E-state index in [0.29, 0.717) is 0 Å². The summed E-state index contributed by atoms with van der Waals surface area (Å²) < 4.78 is 5.65. The summed E-state index contributed by atoms with van der Waals surface area (Å²) in [6.07, 6.45) is 3.65. The normalized spacial score (nSPS) is 23.3. The molecule has 0 bridgehead atoms. The average molecular weight is 406 g/mol. The van der Waals surface area contributed by atoms with Gasteiger partial charge >= 0.3 is 0 Å². The van der Waals surface area contributed by atoms with Crippen LogP contribution in [0.3, 0.4) is 0 Å². The van der Waals surface area contributed by atoms with Crippen LogP contribution >= 0.6 is 12.4 Å². The monoisotopic (exact) mass is 405 g/mol. The number of likely N-dealkylation sites (tertiary alicyclic amines) is 1. The van der Waals surface area contributed by atoms with Gasteiger partial charge < -0.3 is 9.84 Å². The fourth-order valence-electron chi connectivity index (χ4n) is 4.29. The molecule has 28 heavy (non-hydrogen) atoms. The van der Waals surface area contributed by atoms with Crippen LogP contribution in [0.5, 0.6) is 0 Å². The minimum absolute atomic E-state index is 0. The summed E-state index contributed by atoms with van der Waals surface area (Å²) in [6, 6.07) is 11.2. The van der Waals surface area contributed by atoms with E-state index in [4.69, 9.17) is 9.51 Å². The molecule has 3 heterocycles. The maximum Gasteiger partial charge on any atom is 0.243 e. The second-order valence-corrected chi connectivity index (χ2v) is 8.04. The van der Waals surface area contributed by atoms with Gasteiger partial charge in [-0.15, -0.1) is 12.4 Å². The molecule has 1 aromatic carbocycles. The van der Waals surface area contributed by atoms with Gasteiger partial charge in [-0.2, -0.15) is 4.98 Å². The number of likely N-dealkylation sites (N-methyl/N-ethyl adjacent to an activating group) is 1. The van der Waals surface area contributed by atoms with Gasteiger partial charge in [-0.05, 0) is 57.8 Å². The summed E-state index contributed by atoms with van der Waals surface area (Å²) in [5.74, 6) is 2.34. The Labute approximate surface area is 174 Å². The first-order chi connectivity index (χ1) is 13.2. The number of benzene rings is 1. The van der Waals surface area contributed by atoms with Crippen LogP contribution < -0.4 is 5.32 Å². The van der Waals surface area contributed by atoms with Crippen LogP contribution in [0, 0.1) is 5.92 Å². The SMILES string of the molecule is CC(c1nc(C2CNCCN2C)no1)N1CCC(Cc2ccccc2)CC1.Cl. The van der Waals surface area contributed by atoms with Crippen molar-refractivity contribution in [2.45, 2.75) is 38.3 Å². The van der Waals surface area contributed by atoms with Crippen molar-refractivity contribution < 1.29 is 4.52 Å². The maximum absolute atomic E-state index is 5.65. The largest absolute Gasteiger partial charge is 0.338 e. The van der Waals surface area contributed by atoms with Crippen molar-refractivity contribution in [2.75, 3.05) is 39.8 Å². The lowest BCUT2D eigenvalue weighted by molar-refractivity contribution is 0.119. The van der Waals surface area contributed by atoms with Gasteiger partial charge in [-0.3, -0.25) is 9.80 Å². The zero-order chi connectivity index (χ0) is 18.6. The highest BCUT2D eigenvalue weighted by Gasteiger charge is 2.29. The van der Waals surface area contributed by atoms with Crippen molar-refractivity contribution in [3.8, 4) is 0 Å². The zero-order valence-electron chi connectivity index (χ0n) is 16.9. The Morgan fingerprint density at radius 2 is 1.93 bits per heavy atom. The van der Waals surface area contributed by atoms with Gasteiger partial charge in [0.2, 0.25) is 5.89 Å². The van der Waals surface area contributed by atoms with Crippen molar-refractivity contribution in [1.29, 1.82) is 0 Å². The van der Waals surface area contributed by atoms with Gasteiger partial charge in [0.1, 0.15) is 0 Å². The van der Waals surface area contributed by atoms with E-state index in [1.807, 2.05) is 0 Å². The summed E-state index contributed by atoms with van der Waals surface area (Å²) in [6.45, 7) is 7.31. The summed E-state index contributed by atoms with van der Waals surface area (Å²) in [5, 5.41) is 7.70. The number of piperidine rings is 1. The van der Waals surface area contributed by atoms with E-state index in [1.54, 1.807) is 0 Å². The smallest absolute Gasteiger partial charge is 0.243 e. The Bertz CT molecular complexity index is 717. The Hall–Kier alpha value is -1.47. The van der Waals surface area contributed by atoms with Crippen LogP contribution in [0.25, 0.3) is 0 Å². The van der Waals surface area contributed by atoms with E-state index >= 15 is 0 Å². The topological polar surface area (TPSA) is 57.4 Å². The molecule has 0 saturated carbocycles. The van der Waals surface area contributed by atoms with Gasteiger partial charge in [0.25, 0.3) is 0 Å². The molecule has 0 aliphatic carbocycles. The van der Waals surface area contributed by atoms with E-state index < -0.39 is 0 Å². The zero-order valence-corrected chi connectivity index (χ0v) is 17.7. The predicted molar refractivity (Wildman–Crippen MR) is 113 cm³/mol. The average Bonchev–Trinajstić information content (AvgIpc) is 3.19. The van der Waals surface area contributed by atoms with Crippen LogP contribution in [-0.4, -0.2) is 59.7 Å². The lowest BCUT2D eigenvalue weighted by Crippen LogP contribution is -2.44. The fourth-order valence-corrected chi connectivity index (χ4v) is 4.29. The Kier molecular flexibility index (Phi) is 7.46. The van der Waals surface area contributed by atoms with E-state index in [2.05, 4.69) is 64.6 Å². The van der Waals surface area contributed by atoms with E-state index in [9.17, 15) is 0 Å². The van der Waals surface area contributed by atoms with Crippen LogP contribution in [0.2, 0.25) is 0 Å². The molecule has 1 N–H and O–H groups in total. The summed E-state index contributed by atoms with van der Waals surface area (Å²) in [7, 11) is 2.13. The van der Waals surface area contributed by atoms with Crippen molar-refractivity contribution in [2.24, 2.45) is 5.92 Å². The van der Waals surface area contributed by atoms with Crippen LogP contribution in [0.4, 0.5) is 0 Å². The van der Waals surface area contributed by atoms with Crippen molar-refractivity contribution in [3.63, 3.8) is 0 Å². The molecule has 2 atom stereocenters. The third kappa shape index (κ3) is 4.92. The van der Waals surface area contributed by atoms with Crippen molar-refractivity contribution >= 4 is 12.4 Å². The first-order valence-electron chi connectivity index (χ1n) is 10.2. The lowest BCUT2D eigenvalue weighted by atomic mass is 9.89. The first-order valence-corrected chi connectivity index (χ1v) is 10.2. The van der Waals surface area contributed by atoms with E-state index in [0.717, 1.165) is 50.4 Å². The molecule has 0 spiro atoms. The molecule has 2 saturated heterocycles. The molecule has 6 nitrogen and oxygen atoms in total. The standard InChI is InChI=1S/C21H31N5O.ClH/c1-16(21-23-20(24-27-21)19-15-22-10-13-25(19)2)26-11-8-18(9-12-26)14-17-6-4-3-5-7-17;/h3-7,16,18-19,22H,8-15H2,1-2H3;1H. The van der Waals surface area contributed by atoms with Gasteiger partial charge in [0.15, 0.2) is 5.82 Å². The van der Waals surface area contributed by atoms with Gasteiger partial charge in [0, 0.05) is 19.6 Å². The third-order valence-electron chi connectivity index (χ3n) is 6.19. The fraction of sp³-hybridized carbons (Fsp3) is 0.619. The number of hydrogen-bond donors (Lipinski definition) is 1. The van der Waals surface area contributed by atoms with Crippen LogP contribution in [0.1, 0.15) is 49.1 Å². The molecule has 2 fully saturated rings. The van der Waals surface area contributed by atoms with E-state index in [-0.39, 0.29) is 24.5 Å². The number of halogens is 1. The quantitative estimate of drug-likeness (QED) is 0.824. The molecule has 0 amide bonds. The minimum Gasteiger partial charge on any atom is -0.338 e. The molecule has 2 unspecified atom stereocenters. The number of hydrogen-bond acceptors (Lipinski definition) is 6. The summed E-state index contributed by atoms with van der Waals surface area (Å²) in [4.78, 5) is 9.53. The summed E-state index contributed by atoms with van der Waals surface area (Å²) in [5.41, 5.74) is 1.45. The third-order valence-corrected chi connectivity index (χ3v) is 6.19. The highest BCUT2D eigenvalue weighted by atomic mass is 35.5. The number of nitrogens with one attached hydrogen (secondary N) is 1.